The molecule has 2 aliphatic heterocycles. The molecule has 1 aromatic heterocycles. The first-order chi connectivity index (χ1) is 16.7. The van der Waals surface area contributed by atoms with Crippen LogP contribution in [0.25, 0.3) is 11.3 Å². The quantitative estimate of drug-likeness (QED) is 0.481. The molecule has 5 rings (SSSR count). The molecule has 1 fully saturated rings. The number of hydrogen-bond acceptors (Lipinski definition) is 6. The maximum Gasteiger partial charge on any atom is 0.230 e. The van der Waals surface area contributed by atoms with E-state index in [1.54, 1.807) is 0 Å². The summed E-state index contributed by atoms with van der Waals surface area (Å²) in [4.78, 5) is 17.4. The second-order valence-electron chi connectivity index (χ2n) is 8.52. The van der Waals surface area contributed by atoms with Crippen molar-refractivity contribution in [3.05, 3.63) is 60.3 Å². The second kappa shape index (κ2) is 10.5. The number of benzene rings is 2. The van der Waals surface area contributed by atoms with E-state index in [2.05, 4.69) is 27.0 Å². The molecular weight excluding hydrogens is 450 g/mol. The van der Waals surface area contributed by atoms with Crippen LogP contribution in [0.3, 0.4) is 0 Å². The normalized spacial score (nSPS) is 18.0. The lowest BCUT2D eigenvalue weighted by Gasteiger charge is -2.21. The average Bonchev–Trinajstić information content (AvgIpc) is 3.53. The molecule has 7 nitrogen and oxygen atoms in total. The van der Waals surface area contributed by atoms with Gasteiger partial charge in [-0.3, -0.25) is 4.79 Å². The summed E-state index contributed by atoms with van der Waals surface area (Å²) in [5.74, 6) is 1.71. The van der Waals surface area contributed by atoms with Gasteiger partial charge in [0.2, 0.25) is 5.91 Å². The van der Waals surface area contributed by atoms with E-state index in [1.165, 1.54) is 11.8 Å². The standard InChI is InChI=1S/C26H29N3O4S/c1-18(20-9-10-23-24(14-20)33-13-12-32-23)28-25(30)17-34-26-27-15-22(19-6-3-2-4-7-19)29(26)16-21-8-5-11-31-21/h2-4,6-7,9-10,14-15,18,21H,5,8,11-13,16-17H2,1H3,(H,28,30). The van der Waals surface area contributed by atoms with Gasteiger partial charge in [-0.25, -0.2) is 4.98 Å². The third-order valence-electron chi connectivity index (χ3n) is 6.07. The molecule has 8 heteroatoms. The first-order valence-electron chi connectivity index (χ1n) is 11.7. The summed E-state index contributed by atoms with van der Waals surface area (Å²) >= 11 is 1.45. The number of nitrogens with zero attached hydrogens (tertiary/aromatic N) is 2. The summed E-state index contributed by atoms with van der Waals surface area (Å²) in [6.07, 6.45) is 4.20. The Hall–Kier alpha value is -2.97. The SMILES string of the molecule is CC(NC(=O)CSc1ncc(-c2ccccc2)n1CC1CCCO1)c1ccc2c(c1)OCCO2. The van der Waals surface area contributed by atoms with Crippen molar-refractivity contribution in [3.63, 3.8) is 0 Å². The highest BCUT2D eigenvalue weighted by molar-refractivity contribution is 7.99. The number of carbonyl (C=O) groups excluding carboxylic acids is 1. The Kier molecular flexibility index (Phi) is 7.06. The molecule has 178 valence electrons. The first-order valence-corrected chi connectivity index (χ1v) is 12.7. The zero-order chi connectivity index (χ0) is 23.3. The highest BCUT2D eigenvalue weighted by Crippen LogP contribution is 2.33. The van der Waals surface area contributed by atoms with Gasteiger partial charge in [0.1, 0.15) is 13.2 Å². The third kappa shape index (κ3) is 5.23. The Morgan fingerprint density at radius 3 is 2.76 bits per heavy atom. The van der Waals surface area contributed by atoms with Crippen LogP contribution in [0, 0.1) is 0 Å². The van der Waals surface area contributed by atoms with Crippen LogP contribution in [0.4, 0.5) is 0 Å². The second-order valence-corrected chi connectivity index (χ2v) is 9.46. The van der Waals surface area contributed by atoms with Crippen LogP contribution in [-0.2, 0) is 16.1 Å². The van der Waals surface area contributed by atoms with E-state index >= 15 is 0 Å². The van der Waals surface area contributed by atoms with Gasteiger partial charge >= 0.3 is 0 Å². The fourth-order valence-electron chi connectivity index (χ4n) is 4.31. The number of carbonyl (C=O) groups is 1. The maximum absolute atomic E-state index is 12.8. The van der Waals surface area contributed by atoms with Gasteiger partial charge in [-0.05, 0) is 43.0 Å². The molecule has 2 atom stereocenters. The number of amides is 1. The Morgan fingerprint density at radius 1 is 1.15 bits per heavy atom. The summed E-state index contributed by atoms with van der Waals surface area (Å²) in [5.41, 5.74) is 3.13. The summed E-state index contributed by atoms with van der Waals surface area (Å²) in [6.45, 7) is 4.62. The highest BCUT2D eigenvalue weighted by Gasteiger charge is 2.22. The Bertz CT molecular complexity index is 1130. The number of fused-ring (bicyclic) bond motifs is 1. The number of rotatable bonds is 8. The van der Waals surface area contributed by atoms with E-state index < -0.39 is 0 Å². The zero-order valence-corrected chi connectivity index (χ0v) is 20.1. The Morgan fingerprint density at radius 2 is 1.97 bits per heavy atom. The van der Waals surface area contributed by atoms with Gasteiger partial charge in [0.25, 0.3) is 0 Å². The van der Waals surface area contributed by atoms with Gasteiger partial charge in [-0.1, -0.05) is 48.2 Å². The predicted molar refractivity (Wildman–Crippen MR) is 131 cm³/mol. The molecule has 2 unspecified atom stereocenters. The van der Waals surface area contributed by atoms with Crippen molar-refractivity contribution in [2.24, 2.45) is 0 Å². The van der Waals surface area contributed by atoms with Crippen molar-refractivity contribution in [3.8, 4) is 22.8 Å². The molecule has 0 saturated carbocycles. The molecule has 2 aliphatic rings. The fraction of sp³-hybridized carbons (Fsp3) is 0.385. The number of imidazole rings is 1. The highest BCUT2D eigenvalue weighted by atomic mass is 32.2. The average molecular weight is 480 g/mol. The molecule has 0 bridgehead atoms. The number of ether oxygens (including phenoxy) is 3. The number of thioether (sulfide) groups is 1. The number of hydrogen-bond donors (Lipinski definition) is 1. The number of nitrogens with one attached hydrogen (secondary N) is 1. The van der Waals surface area contributed by atoms with Gasteiger partial charge < -0.3 is 24.1 Å². The molecule has 1 amide bonds. The first kappa shape index (κ1) is 22.8. The molecule has 1 saturated heterocycles. The van der Waals surface area contributed by atoms with Crippen LogP contribution >= 0.6 is 11.8 Å². The van der Waals surface area contributed by atoms with E-state index in [-0.39, 0.29) is 23.8 Å². The van der Waals surface area contributed by atoms with Crippen molar-refractivity contribution < 1.29 is 19.0 Å². The van der Waals surface area contributed by atoms with Crippen LogP contribution in [0.5, 0.6) is 11.5 Å². The van der Waals surface area contributed by atoms with Gasteiger partial charge in [-0.15, -0.1) is 0 Å². The van der Waals surface area contributed by atoms with Crippen molar-refractivity contribution in [2.75, 3.05) is 25.6 Å². The Labute approximate surface area is 203 Å². The monoisotopic (exact) mass is 479 g/mol. The third-order valence-corrected chi connectivity index (χ3v) is 7.07. The number of aromatic nitrogens is 2. The van der Waals surface area contributed by atoms with Crippen LogP contribution in [0.15, 0.2) is 59.9 Å². The van der Waals surface area contributed by atoms with Gasteiger partial charge in [0.15, 0.2) is 16.7 Å². The summed E-state index contributed by atoms with van der Waals surface area (Å²) in [7, 11) is 0. The lowest BCUT2D eigenvalue weighted by molar-refractivity contribution is -0.119. The van der Waals surface area contributed by atoms with Crippen LogP contribution in [0.1, 0.15) is 31.4 Å². The summed E-state index contributed by atoms with van der Waals surface area (Å²) in [6, 6.07) is 15.9. The molecule has 0 spiro atoms. The largest absolute Gasteiger partial charge is 0.486 e. The molecule has 3 heterocycles. The lowest BCUT2D eigenvalue weighted by atomic mass is 10.1. The van der Waals surface area contributed by atoms with Gasteiger partial charge in [-0.2, -0.15) is 0 Å². The van der Waals surface area contributed by atoms with E-state index in [9.17, 15) is 4.79 Å². The molecule has 1 N–H and O–H groups in total. The zero-order valence-electron chi connectivity index (χ0n) is 19.2. The van der Waals surface area contributed by atoms with Gasteiger partial charge in [0, 0.05) is 6.61 Å². The topological polar surface area (TPSA) is 74.6 Å². The van der Waals surface area contributed by atoms with Crippen molar-refractivity contribution in [1.82, 2.24) is 14.9 Å². The molecule has 0 aliphatic carbocycles. The molecular formula is C26H29N3O4S. The van der Waals surface area contributed by atoms with Gasteiger partial charge in [0.05, 0.1) is 36.3 Å². The molecule has 0 radical (unpaired) electrons. The minimum atomic E-state index is -0.143. The molecule has 2 aromatic carbocycles. The van der Waals surface area contributed by atoms with Crippen LogP contribution in [-0.4, -0.2) is 47.1 Å². The smallest absolute Gasteiger partial charge is 0.230 e. The van der Waals surface area contributed by atoms with Crippen molar-refractivity contribution >= 4 is 17.7 Å². The summed E-state index contributed by atoms with van der Waals surface area (Å²) in [5, 5.41) is 3.92. The van der Waals surface area contributed by atoms with Crippen LogP contribution in [0.2, 0.25) is 0 Å². The van der Waals surface area contributed by atoms with Crippen molar-refractivity contribution in [2.45, 2.75) is 43.6 Å². The van der Waals surface area contributed by atoms with E-state index in [1.807, 2.05) is 49.5 Å². The predicted octanol–water partition coefficient (Wildman–Crippen LogP) is 4.47. The van der Waals surface area contributed by atoms with Crippen molar-refractivity contribution in [1.29, 1.82) is 0 Å². The maximum atomic E-state index is 12.8. The summed E-state index contributed by atoms with van der Waals surface area (Å²) < 4.78 is 19.3. The minimum absolute atomic E-state index is 0.0414. The lowest BCUT2D eigenvalue weighted by Crippen LogP contribution is -2.28. The van der Waals surface area contributed by atoms with E-state index in [0.29, 0.717) is 13.2 Å². The van der Waals surface area contributed by atoms with E-state index in [0.717, 1.165) is 59.5 Å². The Balaban J connectivity index is 1.25. The fourth-order valence-corrected chi connectivity index (χ4v) is 5.11. The minimum Gasteiger partial charge on any atom is -0.486 e. The molecule has 34 heavy (non-hydrogen) atoms. The van der Waals surface area contributed by atoms with E-state index in [4.69, 9.17) is 14.2 Å². The molecule has 3 aromatic rings. The van der Waals surface area contributed by atoms with Crippen LogP contribution < -0.4 is 14.8 Å².